The van der Waals surface area contributed by atoms with Crippen LogP contribution in [0.1, 0.15) is 26.7 Å². The summed E-state index contributed by atoms with van der Waals surface area (Å²) in [5.74, 6) is 0.748. The van der Waals surface area contributed by atoms with Gasteiger partial charge in [-0.2, -0.15) is 0 Å². The third-order valence-electron chi connectivity index (χ3n) is 3.42. The Balaban J connectivity index is 2.70. The molecule has 0 spiro atoms. The van der Waals surface area contributed by atoms with E-state index >= 15 is 0 Å². The van der Waals surface area contributed by atoms with Crippen molar-refractivity contribution in [2.24, 2.45) is 5.92 Å². The zero-order valence-electron chi connectivity index (χ0n) is 8.85. The number of nitrogens with zero attached hydrogens (tertiary/aromatic N) is 1. The van der Waals surface area contributed by atoms with Gasteiger partial charge in [0.2, 0.25) is 0 Å². The predicted octanol–water partition coefficient (Wildman–Crippen LogP) is 1.33. The van der Waals surface area contributed by atoms with Gasteiger partial charge in [0.25, 0.3) is 0 Å². The van der Waals surface area contributed by atoms with Crippen LogP contribution in [0.5, 0.6) is 0 Å². The van der Waals surface area contributed by atoms with E-state index in [2.05, 4.69) is 38.2 Å². The lowest BCUT2D eigenvalue weighted by molar-refractivity contribution is 0.115. The highest BCUT2D eigenvalue weighted by Crippen LogP contribution is 2.33. The lowest BCUT2D eigenvalue weighted by atomic mass is 9.84. The minimum absolute atomic E-state index is 0.425. The monoisotopic (exact) mass is 170 g/mol. The van der Waals surface area contributed by atoms with Crippen LogP contribution in [-0.4, -0.2) is 37.6 Å². The molecule has 0 amide bonds. The van der Waals surface area contributed by atoms with Gasteiger partial charge < -0.3 is 5.32 Å². The quantitative estimate of drug-likeness (QED) is 0.687. The van der Waals surface area contributed by atoms with Gasteiger partial charge in [-0.15, -0.1) is 0 Å². The third kappa shape index (κ3) is 1.50. The first kappa shape index (κ1) is 10.0. The SMILES string of the molecule is CNCC1(C(C)C)CCCN1C. The van der Waals surface area contributed by atoms with E-state index in [4.69, 9.17) is 0 Å². The molecule has 0 bridgehead atoms. The minimum Gasteiger partial charge on any atom is -0.318 e. The van der Waals surface area contributed by atoms with Gasteiger partial charge in [0.15, 0.2) is 0 Å². The Morgan fingerprint density at radius 3 is 2.50 bits per heavy atom. The zero-order valence-corrected chi connectivity index (χ0v) is 8.85. The van der Waals surface area contributed by atoms with Crippen LogP contribution in [0, 0.1) is 5.92 Å². The second-order valence-electron chi connectivity index (χ2n) is 4.31. The number of hydrogen-bond donors (Lipinski definition) is 1. The van der Waals surface area contributed by atoms with Gasteiger partial charge in [0.05, 0.1) is 0 Å². The molecule has 0 aromatic rings. The average molecular weight is 170 g/mol. The Bertz CT molecular complexity index is 145. The van der Waals surface area contributed by atoms with E-state index in [1.807, 2.05) is 0 Å². The van der Waals surface area contributed by atoms with E-state index in [9.17, 15) is 0 Å². The molecule has 1 aliphatic heterocycles. The van der Waals surface area contributed by atoms with Crippen LogP contribution in [0.3, 0.4) is 0 Å². The van der Waals surface area contributed by atoms with Crippen molar-refractivity contribution in [3.8, 4) is 0 Å². The summed E-state index contributed by atoms with van der Waals surface area (Å²) in [4.78, 5) is 2.52. The van der Waals surface area contributed by atoms with Crippen LogP contribution in [-0.2, 0) is 0 Å². The van der Waals surface area contributed by atoms with Crippen LogP contribution < -0.4 is 5.32 Å². The topological polar surface area (TPSA) is 15.3 Å². The molecule has 1 heterocycles. The van der Waals surface area contributed by atoms with Gasteiger partial charge in [-0.1, -0.05) is 13.8 Å². The van der Waals surface area contributed by atoms with Crippen molar-refractivity contribution in [1.29, 1.82) is 0 Å². The Morgan fingerprint density at radius 1 is 1.50 bits per heavy atom. The fourth-order valence-electron chi connectivity index (χ4n) is 2.50. The van der Waals surface area contributed by atoms with E-state index < -0.39 is 0 Å². The standard InChI is InChI=1S/C10H22N2/c1-9(2)10(8-11-3)6-5-7-12(10)4/h9,11H,5-8H2,1-4H3. The van der Waals surface area contributed by atoms with Crippen LogP contribution in [0.2, 0.25) is 0 Å². The molecular formula is C10H22N2. The zero-order chi connectivity index (χ0) is 9.19. The van der Waals surface area contributed by atoms with Gasteiger partial charge >= 0.3 is 0 Å². The molecule has 0 saturated carbocycles. The van der Waals surface area contributed by atoms with Crippen LogP contribution >= 0.6 is 0 Å². The second kappa shape index (κ2) is 3.75. The van der Waals surface area contributed by atoms with Crippen LogP contribution in [0.15, 0.2) is 0 Å². The first-order valence-electron chi connectivity index (χ1n) is 4.99. The number of likely N-dealkylation sites (N-methyl/N-ethyl adjacent to an activating group) is 2. The largest absolute Gasteiger partial charge is 0.318 e. The molecule has 1 unspecified atom stereocenters. The first-order chi connectivity index (χ1) is 5.63. The Morgan fingerprint density at radius 2 is 2.17 bits per heavy atom. The van der Waals surface area contributed by atoms with E-state index in [1.165, 1.54) is 19.4 Å². The summed E-state index contributed by atoms with van der Waals surface area (Å²) >= 11 is 0. The van der Waals surface area contributed by atoms with Crippen molar-refractivity contribution in [3.63, 3.8) is 0 Å². The fourth-order valence-corrected chi connectivity index (χ4v) is 2.50. The summed E-state index contributed by atoms with van der Waals surface area (Å²) in [5, 5.41) is 3.32. The maximum Gasteiger partial charge on any atom is 0.0354 e. The predicted molar refractivity (Wildman–Crippen MR) is 53.4 cm³/mol. The van der Waals surface area contributed by atoms with Gasteiger partial charge in [-0.3, -0.25) is 4.90 Å². The number of nitrogens with one attached hydrogen (secondary N) is 1. The molecule has 2 heteroatoms. The second-order valence-corrected chi connectivity index (χ2v) is 4.31. The first-order valence-corrected chi connectivity index (χ1v) is 4.99. The van der Waals surface area contributed by atoms with Crippen LogP contribution in [0.25, 0.3) is 0 Å². The molecule has 0 aromatic heterocycles. The Labute approximate surface area is 76.3 Å². The molecule has 12 heavy (non-hydrogen) atoms. The minimum atomic E-state index is 0.425. The summed E-state index contributed by atoms with van der Waals surface area (Å²) in [6, 6.07) is 0. The average Bonchev–Trinajstić information content (AvgIpc) is 2.34. The van der Waals surface area contributed by atoms with E-state index in [1.54, 1.807) is 0 Å². The Kier molecular flexibility index (Phi) is 3.13. The highest BCUT2D eigenvalue weighted by Gasteiger charge is 2.40. The van der Waals surface area contributed by atoms with Crippen molar-refractivity contribution in [1.82, 2.24) is 10.2 Å². The molecule has 1 rings (SSSR count). The summed E-state index contributed by atoms with van der Waals surface area (Å²) in [7, 11) is 4.31. The van der Waals surface area contributed by atoms with Crippen molar-refractivity contribution in [2.75, 3.05) is 27.2 Å². The van der Waals surface area contributed by atoms with Gasteiger partial charge in [-0.25, -0.2) is 0 Å². The summed E-state index contributed by atoms with van der Waals surface area (Å²) in [6.07, 6.45) is 2.71. The summed E-state index contributed by atoms with van der Waals surface area (Å²) in [6.45, 7) is 7.05. The normalized spacial score (nSPS) is 31.8. The van der Waals surface area contributed by atoms with Gasteiger partial charge in [0.1, 0.15) is 0 Å². The molecule has 2 nitrogen and oxygen atoms in total. The molecule has 1 aliphatic rings. The van der Waals surface area contributed by atoms with Crippen molar-refractivity contribution >= 4 is 0 Å². The third-order valence-corrected chi connectivity index (χ3v) is 3.42. The highest BCUT2D eigenvalue weighted by atomic mass is 15.2. The summed E-state index contributed by atoms with van der Waals surface area (Å²) in [5.41, 5.74) is 0.425. The van der Waals surface area contributed by atoms with Gasteiger partial charge in [-0.05, 0) is 39.4 Å². The molecule has 1 saturated heterocycles. The molecule has 72 valence electrons. The van der Waals surface area contributed by atoms with E-state index in [0.29, 0.717) is 5.54 Å². The maximum absolute atomic E-state index is 3.32. The Hall–Kier alpha value is -0.0800. The molecule has 0 aliphatic carbocycles. The van der Waals surface area contributed by atoms with E-state index in [0.717, 1.165) is 12.5 Å². The molecule has 0 radical (unpaired) electrons. The number of hydrogen-bond acceptors (Lipinski definition) is 2. The maximum atomic E-state index is 3.32. The number of likely N-dealkylation sites (tertiary alicyclic amines) is 1. The van der Waals surface area contributed by atoms with Crippen LogP contribution in [0.4, 0.5) is 0 Å². The summed E-state index contributed by atoms with van der Waals surface area (Å²) < 4.78 is 0. The number of rotatable bonds is 3. The van der Waals surface area contributed by atoms with Crippen molar-refractivity contribution < 1.29 is 0 Å². The lowest BCUT2D eigenvalue weighted by Gasteiger charge is -2.40. The van der Waals surface area contributed by atoms with E-state index in [-0.39, 0.29) is 0 Å². The molecule has 1 atom stereocenters. The van der Waals surface area contributed by atoms with Crippen molar-refractivity contribution in [2.45, 2.75) is 32.2 Å². The van der Waals surface area contributed by atoms with Gasteiger partial charge in [0, 0.05) is 12.1 Å². The molecular weight excluding hydrogens is 148 g/mol. The highest BCUT2D eigenvalue weighted by molar-refractivity contribution is 4.97. The smallest absolute Gasteiger partial charge is 0.0354 e. The molecule has 0 aromatic carbocycles. The molecule has 1 N–H and O–H groups in total. The fraction of sp³-hybridized carbons (Fsp3) is 1.00. The van der Waals surface area contributed by atoms with Crippen molar-refractivity contribution in [3.05, 3.63) is 0 Å². The lowest BCUT2D eigenvalue weighted by Crippen LogP contribution is -2.52. The molecule has 1 fully saturated rings.